The lowest BCUT2D eigenvalue weighted by molar-refractivity contribution is 0.512. The van der Waals surface area contributed by atoms with Gasteiger partial charge in [-0.2, -0.15) is 4.98 Å². The lowest BCUT2D eigenvalue weighted by Gasteiger charge is -2.29. The molecule has 102 valence electrons. The highest BCUT2D eigenvalue weighted by Gasteiger charge is 2.26. The average molecular weight is 267 g/mol. The molecule has 3 rings (SSSR count). The number of benzene rings is 2. The Labute approximate surface area is 117 Å². The van der Waals surface area contributed by atoms with E-state index < -0.39 is 5.54 Å². The average Bonchev–Trinajstić information content (AvgIpc) is 2.90. The normalized spacial score (nSPS) is 14.1. The third kappa shape index (κ3) is 2.26. The van der Waals surface area contributed by atoms with Gasteiger partial charge in [0.05, 0.1) is 5.54 Å². The van der Waals surface area contributed by atoms with Crippen molar-refractivity contribution in [3.8, 4) is 0 Å². The molecule has 1 aromatic heterocycles. The molecule has 20 heavy (non-hydrogen) atoms. The van der Waals surface area contributed by atoms with Crippen LogP contribution >= 0.6 is 0 Å². The number of aromatic nitrogens is 1. The Morgan fingerprint density at radius 2 is 1.80 bits per heavy atom. The molecule has 1 unspecified atom stereocenters. The van der Waals surface area contributed by atoms with Crippen LogP contribution in [-0.2, 0) is 5.54 Å². The van der Waals surface area contributed by atoms with Crippen LogP contribution in [0, 0.1) is 0 Å². The number of nitrogens with two attached hydrogens (primary N) is 1. The lowest BCUT2D eigenvalue weighted by Crippen LogP contribution is -2.39. The van der Waals surface area contributed by atoms with Gasteiger partial charge in [0.25, 0.3) is 6.01 Å². The quantitative estimate of drug-likeness (QED) is 0.762. The Morgan fingerprint density at radius 3 is 2.50 bits per heavy atom. The lowest BCUT2D eigenvalue weighted by atomic mass is 9.92. The number of oxazole rings is 1. The van der Waals surface area contributed by atoms with E-state index >= 15 is 0 Å². The van der Waals surface area contributed by atoms with Crippen LogP contribution in [0.25, 0.3) is 11.1 Å². The summed E-state index contributed by atoms with van der Waals surface area (Å²) in [4.78, 5) is 4.44. The van der Waals surface area contributed by atoms with Crippen LogP contribution in [-0.4, -0.2) is 11.5 Å². The second-order valence-electron chi connectivity index (χ2n) is 5.01. The highest BCUT2D eigenvalue weighted by Crippen LogP contribution is 2.26. The Balaban J connectivity index is 1.95. The minimum absolute atomic E-state index is 0.415. The number of fused-ring (bicyclic) bond motifs is 1. The van der Waals surface area contributed by atoms with Gasteiger partial charge in [-0.05, 0) is 24.6 Å². The summed E-state index contributed by atoms with van der Waals surface area (Å²) in [6, 6.07) is 18.2. The third-order valence-electron chi connectivity index (χ3n) is 3.50. The highest BCUT2D eigenvalue weighted by molar-refractivity contribution is 5.74. The van der Waals surface area contributed by atoms with Crippen LogP contribution < -0.4 is 11.1 Å². The highest BCUT2D eigenvalue weighted by atomic mass is 16.4. The zero-order valence-corrected chi connectivity index (χ0v) is 11.3. The molecule has 0 saturated heterocycles. The van der Waals surface area contributed by atoms with E-state index in [4.69, 9.17) is 10.2 Å². The number of nitrogens with zero attached hydrogens (tertiary/aromatic N) is 1. The van der Waals surface area contributed by atoms with E-state index in [1.807, 2.05) is 61.5 Å². The summed E-state index contributed by atoms with van der Waals surface area (Å²) in [6.07, 6.45) is 0. The van der Waals surface area contributed by atoms with Crippen molar-refractivity contribution in [1.29, 1.82) is 0 Å². The fourth-order valence-corrected chi connectivity index (χ4v) is 2.21. The standard InChI is InChI=1S/C16H17N3O/c1-16(11-17,12-7-3-2-4-8-12)19-15-18-13-9-5-6-10-14(13)20-15/h2-10H,11,17H2,1H3,(H,18,19). The molecule has 1 heterocycles. The number of anilines is 1. The first kappa shape index (κ1) is 12.7. The van der Waals surface area contributed by atoms with Gasteiger partial charge in [0.2, 0.25) is 0 Å². The number of hydrogen-bond donors (Lipinski definition) is 2. The summed E-state index contributed by atoms with van der Waals surface area (Å²) in [5.74, 6) is 0. The molecule has 4 heteroatoms. The Morgan fingerprint density at radius 1 is 1.10 bits per heavy atom. The largest absolute Gasteiger partial charge is 0.424 e. The first-order valence-electron chi connectivity index (χ1n) is 6.61. The Kier molecular flexibility index (Phi) is 3.16. The molecule has 2 aromatic carbocycles. The molecule has 0 aliphatic rings. The summed E-state index contributed by atoms with van der Waals surface area (Å²) in [5, 5.41) is 3.31. The molecule has 0 bridgehead atoms. The predicted molar refractivity (Wildman–Crippen MR) is 80.5 cm³/mol. The molecule has 0 radical (unpaired) electrons. The van der Waals surface area contributed by atoms with E-state index in [1.165, 1.54) is 0 Å². The molecular formula is C16H17N3O. The summed E-state index contributed by atoms with van der Waals surface area (Å²) in [5.41, 5.74) is 8.24. The minimum Gasteiger partial charge on any atom is -0.424 e. The first-order valence-corrected chi connectivity index (χ1v) is 6.61. The van der Waals surface area contributed by atoms with Gasteiger partial charge in [-0.3, -0.25) is 0 Å². The van der Waals surface area contributed by atoms with Gasteiger partial charge < -0.3 is 15.5 Å². The van der Waals surface area contributed by atoms with E-state index in [9.17, 15) is 0 Å². The molecule has 3 N–H and O–H groups in total. The van der Waals surface area contributed by atoms with E-state index in [1.54, 1.807) is 0 Å². The molecule has 0 amide bonds. The van der Waals surface area contributed by atoms with Crippen LogP contribution in [0.5, 0.6) is 0 Å². The maximum atomic E-state index is 5.95. The minimum atomic E-state index is -0.415. The molecule has 4 nitrogen and oxygen atoms in total. The van der Waals surface area contributed by atoms with Crippen molar-refractivity contribution in [3.63, 3.8) is 0 Å². The van der Waals surface area contributed by atoms with E-state index in [0.29, 0.717) is 12.6 Å². The van der Waals surface area contributed by atoms with E-state index in [0.717, 1.165) is 16.7 Å². The van der Waals surface area contributed by atoms with Crippen LogP contribution in [0.1, 0.15) is 12.5 Å². The SMILES string of the molecule is CC(CN)(Nc1nc2ccccc2o1)c1ccccc1. The van der Waals surface area contributed by atoms with Crippen molar-refractivity contribution < 1.29 is 4.42 Å². The predicted octanol–water partition coefficient (Wildman–Crippen LogP) is 3.11. The van der Waals surface area contributed by atoms with E-state index in [2.05, 4.69) is 10.3 Å². The molecule has 0 fully saturated rings. The fourth-order valence-electron chi connectivity index (χ4n) is 2.21. The number of nitrogens with one attached hydrogen (secondary N) is 1. The molecule has 0 saturated carbocycles. The van der Waals surface area contributed by atoms with Crippen molar-refractivity contribution in [3.05, 3.63) is 60.2 Å². The Bertz CT molecular complexity index is 675. The Hall–Kier alpha value is -2.33. The fraction of sp³-hybridized carbons (Fsp3) is 0.188. The van der Waals surface area contributed by atoms with Gasteiger partial charge in [0, 0.05) is 6.54 Å². The van der Waals surface area contributed by atoms with Crippen molar-refractivity contribution in [1.82, 2.24) is 4.98 Å². The van der Waals surface area contributed by atoms with Crippen molar-refractivity contribution in [2.75, 3.05) is 11.9 Å². The van der Waals surface area contributed by atoms with Crippen LogP contribution in [0.15, 0.2) is 59.0 Å². The van der Waals surface area contributed by atoms with Crippen molar-refractivity contribution in [2.24, 2.45) is 5.73 Å². The summed E-state index contributed by atoms with van der Waals surface area (Å²) in [7, 11) is 0. The number of hydrogen-bond acceptors (Lipinski definition) is 4. The zero-order valence-electron chi connectivity index (χ0n) is 11.3. The monoisotopic (exact) mass is 267 g/mol. The second-order valence-corrected chi connectivity index (χ2v) is 5.01. The van der Waals surface area contributed by atoms with Gasteiger partial charge in [0.1, 0.15) is 5.52 Å². The molecule has 0 aliphatic heterocycles. The second kappa shape index (κ2) is 4.98. The van der Waals surface area contributed by atoms with Gasteiger partial charge in [-0.25, -0.2) is 0 Å². The molecule has 3 aromatic rings. The van der Waals surface area contributed by atoms with Gasteiger partial charge >= 0.3 is 0 Å². The van der Waals surface area contributed by atoms with Gasteiger partial charge in [0.15, 0.2) is 5.58 Å². The zero-order chi connectivity index (χ0) is 14.0. The first-order chi connectivity index (χ1) is 9.71. The number of rotatable bonds is 4. The topological polar surface area (TPSA) is 64.1 Å². The molecule has 1 atom stereocenters. The van der Waals surface area contributed by atoms with Crippen molar-refractivity contribution >= 4 is 17.1 Å². The van der Waals surface area contributed by atoms with Gasteiger partial charge in [-0.15, -0.1) is 0 Å². The number of para-hydroxylation sites is 2. The van der Waals surface area contributed by atoms with Crippen LogP contribution in [0.4, 0.5) is 6.01 Å². The maximum Gasteiger partial charge on any atom is 0.296 e. The van der Waals surface area contributed by atoms with Crippen molar-refractivity contribution in [2.45, 2.75) is 12.5 Å². The maximum absolute atomic E-state index is 5.95. The summed E-state index contributed by atoms with van der Waals surface area (Å²) < 4.78 is 5.71. The summed E-state index contributed by atoms with van der Waals surface area (Å²) >= 11 is 0. The van der Waals surface area contributed by atoms with Gasteiger partial charge in [-0.1, -0.05) is 42.5 Å². The molecule has 0 aliphatic carbocycles. The van der Waals surface area contributed by atoms with Crippen LogP contribution in [0.3, 0.4) is 0 Å². The molecule has 0 spiro atoms. The third-order valence-corrected chi connectivity index (χ3v) is 3.50. The summed E-state index contributed by atoms with van der Waals surface area (Å²) in [6.45, 7) is 2.48. The van der Waals surface area contributed by atoms with E-state index in [-0.39, 0.29) is 0 Å². The molecular weight excluding hydrogens is 250 g/mol. The van der Waals surface area contributed by atoms with Crippen LogP contribution in [0.2, 0.25) is 0 Å². The smallest absolute Gasteiger partial charge is 0.296 e.